The second kappa shape index (κ2) is 11.8. The average Bonchev–Trinajstić information content (AvgIpc) is 2.77. The van der Waals surface area contributed by atoms with Crippen LogP contribution >= 0.6 is 23.4 Å². The second-order valence-corrected chi connectivity index (χ2v) is 8.21. The molecule has 0 aliphatic carbocycles. The molecule has 1 aromatic heterocycles. The minimum absolute atomic E-state index is 0.770. The lowest BCUT2D eigenvalue weighted by molar-refractivity contribution is 0.260. The molecule has 2 aromatic rings. The summed E-state index contributed by atoms with van der Waals surface area (Å²) in [5, 5.41) is 7.53. The summed E-state index contributed by atoms with van der Waals surface area (Å²) >= 11 is 7.72. The van der Waals surface area contributed by atoms with Gasteiger partial charge in [0, 0.05) is 80.9 Å². The van der Waals surface area contributed by atoms with Crippen LogP contribution in [0.2, 0.25) is 5.02 Å². The molecule has 0 bridgehead atoms. The first-order chi connectivity index (χ1) is 14.2. The standard InChI is InChI=1S/C20H28ClN7S/c1-22-19(24-10-16-29-18-5-3-17(21)4-6-18)23-9-11-27-12-14-28(15-13-27)20-25-7-2-8-26-20/h2-8H,9-16H2,1H3,(H2,22,23,24). The maximum Gasteiger partial charge on any atom is 0.225 e. The van der Waals surface area contributed by atoms with Crippen LogP contribution < -0.4 is 15.5 Å². The zero-order valence-corrected chi connectivity index (χ0v) is 18.3. The first-order valence-corrected chi connectivity index (χ1v) is 11.2. The predicted molar refractivity (Wildman–Crippen MR) is 122 cm³/mol. The van der Waals surface area contributed by atoms with Gasteiger partial charge in [0.2, 0.25) is 5.95 Å². The van der Waals surface area contributed by atoms with E-state index in [1.54, 1.807) is 31.2 Å². The number of nitrogens with zero attached hydrogens (tertiary/aromatic N) is 5. The van der Waals surface area contributed by atoms with E-state index in [4.69, 9.17) is 11.6 Å². The van der Waals surface area contributed by atoms with Gasteiger partial charge in [0.15, 0.2) is 5.96 Å². The highest BCUT2D eigenvalue weighted by Crippen LogP contribution is 2.19. The number of hydrogen-bond donors (Lipinski definition) is 2. The third kappa shape index (κ3) is 7.38. The maximum absolute atomic E-state index is 5.92. The Morgan fingerprint density at radius 1 is 1.07 bits per heavy atom. The number of aromatic nitrogens is 2. The molecule has 0 unspecified atom stereocenters. The van der Waals surface area contributed by atoms with Crippen molar-refractivity contribution in [2.75, 3.05) is 63.5 Å². The van der Waals surface area contributed by atoms with Gasteiger partial charge in [-0.3, -0.25) is 9.89 Å². The second-order valence-electron chi connectivity index (χ2n) is 6.61. The zero-order valence-electron chi connectivity index (χ0n) is 16.7. The highest BCUT2D eigenvalue weighted by molar-refractivity contribution is 7.99. The highest BCUT2D eigenvalue weighted by Gasteiger charge is 2.18. The summed E-state index contributed by atoms with van der Waals surface area (Å²) in [4.78, 5) is 18.9. The Labute approximate surface area is 182 Å². The Bertz CT molecular complexity index is 749. The van der Waals surface area contributed by atoms with Gasteiger partial charge in [0.1, 0.15) is 0 Å². The molecule has 1 saturated heterocycles. The van der Waals surface area contributed by atoms with Crippen molar-refractivity contribution in [2.45, 2.75) is 4.90 Å². The van der Waals surface area contributed by atoms with Crippen LogP contribution in [0.4, 0.5) is 5.95 Å². The number of benzene rings is 1. The van der Waals surface area contributed by atoms with Gasteiger partial charge in [0.05, 0.1) is 0 Å². The fraction of sp³-hybridized carbons (Fsp3) is 0.450. The SMILES string of the molecule is CN=C(NCCSc1ccc(Cl)cc1)NCCN1CCN(c2ncccn2)CC1. The maximum atomic E-state index is 5.92. The van der Waals surface area contributed by atoms with Gasteiger partial charge in [-0.1, -0.05) is 11.6 Å². The van der Waals surface area contributed by atoms with E-state index in [-0.39, 0.29) is 0 Å². The summed E-state index contributed by atoms with van der Waals surface area (Å²) in [6, 6.07) is 9.78. The fourth-order valence-electron chi connectivity index (χ4n) is 3.05. The summed E-state index contributed by atoms with van der Waals surface area (Å²) in [5.41, 5.74) is 0. The van der Waals surface area contributed by atoms with E-state index in [1.807, 2.05) is 30.3 Å². The molecule has 1 fully saturated rings. The van der Waals surface area contributed by atoms with Gasteiger partial charge in [0.25, 0.3) is 0 Å². The predicted octanol–water partition coefficient (Wildman–Crippen LogP) is 2.21. The quantitative estimate of drug-likeness (QED) is 0.286. The number of rotatable bonds is 8. The fourth-order valence-corrected chi connectivity index (χ4v) is 3.94. The number of hydrogen-bond acceptors (Lipinski definition) is 6. The van der Waals surface area contributed by atoms with Crippen molar-refractivity contribution in [2.24, 2.45) is 4.99 Å². The molecule has 1 aliphatic rings. The molecule has 2 N–H and O–H groups in total. The molecule has 0 atom stereocenters. The molecule has 0 spiro atoms. The van der Waals surface area contributed by atoms with E-state index in [0.717, 1.165) is 68.5 Å². The van der Waals surface area contributed by atoms with Crippen molar-refractivity contribution in [3.05, 3.63) is 47.7 Å². The monoisotopic (exact) mass is 433 g/mol. The Balaban J connectivity index is 1.28. The number of guanidine groups is 1. The van der Waals surface area contributed by atoms with E-state index < -0.39 is 0 Å². The van der Waals surface area contributed by atoms with Crippen molar-refractivity contribution in [1.29, 1.82) is 0 Å². The molecular weight excluding hydrogens is 406 g/mol. The highest BCUT2D eigenvalue weighted by atomic mass is 35.5. The molecule has 1 aliphatic heterocycles. The molecule has 0 radical (unpaired) electrons. The van der Waals surface area contributed by atoms with E-state index >= 15 is 0 Å². The lowest BCUT2D eigenvalue weighted by Crippen LogP contribution is -2.49. The van der Waals surface area contributed by atoms with Crippen LogP contribution in [-0.2, 0) is 0 Å². The van der Waals surface area contributed by atoms with Crippen LogP contribution in [-0.4, -0.2) is 79.4 Å². The summed E-state index contributed by atoms with van der Waals surface area (Å²) in [6.07, 6.45) is 3.59. The third-order valence-electron chi connectivity index (χ3n) is 4.63. The number of aliphatic imine (C=N–C) groups is 1. The van der Waals surface area contributed by atoms with Crippen LogP contribution in [0.1, 0.15) is 0 Å². The molecule has 3 rings (SSSR count). The summed E-state index contributed by atoms with van der Waals surface area (Å²) in [7, 11) is 1.81. The van der Waals surface area contributed by atoms with Crippen molar-refractivity contribution < 1.29 is 0 Å². The number of halogens is 1. The Hall–Kier alpha value is -2.03. The minimum Gasteiger partial charge on any atom is -0.356 e. The topological polar surface area (TPSA) is 68.7 Å². The molecule has 2 heterocycles. The van der Waals surface area contributed by atoms with Crippen LogP contribution in [0, 0.1) is 0 Å². The molecule has 156 valence electrons. The number of piperazine rings is 1. The van der Waals surface area contributed by atoms with Crippen molar-refractivity contribution in [1.82, 2.24) is 25.5 Å². The van der Waals surface area contributed by atoms with Gasteiger partial charge in [-0.05, 0) is 30.3 Å². The lowest BCUT2D eigenvalue weighted by Gasteiger charge is -2.34. The number of thioether (sulfide) groups is 1. The van der Waals surface area contributed by atoms with Gasteiger partial charge in [-0.15, -0.1) is 11.8 Å². The van der Waals surface area contributed by atoms with Crippen molar-refractivity contribution >= 4 is 35.3 Å². The molecule has 7 nitrogen and oxygen atoms in total. The van der Waals surface area contributed by atoms with E-state index in [1.165, 1.54) is 4.90 Å². The zero-order chi connectivity index (χ0) is 20.3. The van der Waals surface area contributed by atoms with Gasteiger partial charge in [-0.2, -0.15) is 0 Å². The van der Waals surface area contributed by atoms with Gasteiger partial charge < -0.3 is 15.5 Å². The first kappa shape index (κ1) is 21.7. The van der Waals surface area contributed by atoms with Gasteiger partial charge in [-0.25, -0.2) is 9.97 Å². The largest absolute Gasteiger partial charge is 0.356 e. The smallest absolute Gasteiger partial charge is 0.225 e. The molecular formula is C20H28ClN7S. The molecule has 0 amide bonds. The Morgan fingerprint density at radius 2 is 1.76 bits per heavy atom. The summed E-state index contributed by atoms with van der Waals surface area (Å²) in [5.74, 6) is 2.63. The minimum atomic E-state index is 0.770. The first-order valence-electron chi connectivity index (χ1n) is 9.82. The normalized spacial score (nSPS) is 15.4. The Morgan fingerprint density at radius 3 is 2.45 bits per heavy atom. The van der Waals surface area contributed by atoms with Crippen LogP contribution in [0.25, 0.3) is 0 Å². The average molecular weight is 434 g/mol. The van der Waals surface area contributed by atoms with Crippen LogP contribution in [0.15, 0.2) is 52.6 Å². The molecule has 1 aromatic carbocycles. The third-order valence-corrected chi connectivity index (χ3v) is 5.89. The van der Waals surface area contributed by atoms with E-state index in [9.17, 15) is 0 Å². The summed E-state index contributed by atoms with van der Waals surface area (Å²) in [6.45, 7) is 6.66. The summed E-state index contributed by atoms with van der Waals surface area (Å²) < 4.78 is 0. The van der Waals surface area contributed by atoms with Crippen LogP contribution in [0.3, 0.4) is 0 Å². The number of nitrogens with one attached hydrogen (secondary N) is 2. The lowest BCUT2D eigenvalue weighted by atomic mass is 10.3. The van der Waals surface area contributed by atoms with Gasteiger partial charge >= 0.3 is 0 Å². The Kier molecular flexibility index (Phi) is 8.85. The molecule has 9 heteroatoms. The number of anilines is 1. The molecule has 0 saturated carbocycles. The van der Waals surface area contributed by atoms with Crippen molar-refractivity contribution in [3.63, 3.8) is 0 Å². The van der Waals surface area contributed by atoms with Crippen molar-refractivity contribution in [3.8, 4) is 0 Å². The molecule has 29 heavy (non-hydrogen) atoms. The van der Waals surface area contributed by atoms with E-state index in [2.05, 4.69) is 35.4 Å². The van der Waals surface area contributed by atoms with E-state index in [0.29, 0.717) is 0 Å². The van der Waals surface area contributed by atoms with Crippen LogP contribution in [0.5, 0.6) is 0 Å².